The molecular weight excluding hydrogens is 314 g/mol. The van der Waals surface area contributed by atoms with Crippen LogP contribution < -0.4 is 10.1 Å². The number of rotatable bonds is 4. The van der Waals surface area contributed by atoms with Crippen LogP contribution in [0.3, 0.4) is 0 Å². The summed E-state index contributed by atoms with van der Waals surface area (Å²) in [5.41, 5.74) is 0.619. The van der Waals surface area contributed by atoms with Crippen molar-refractivity contribution in [1.82, 2.24) is 0 Å². The maximum absolute atomic E-state index is 12.0. The number of methoxy groups -OCH3 is 1. The second kappa shape index (κ2) is 5.61. The standard InChI is InChI=1S/C13H14BrNO4/c1-19-11-5-2-7(6-10(11)14)15-12(16)8-3-4-9(8)13(17)18/h2,5-6,8-9H,3-4H2,1H3,(H,15,16)(H,17,18). The molecule has 2 unspecified atom stereocenters. The molecule has 2 atom stereocenters. The lowest BCUT2D eigenvalue weighted by atomic mass is 9.73. The number of carboxylic acids is 1. The molecule has 0 radical (unpaired) electrons. The SMILES string of the molecule is COc1ccc(NC(=O)C2CCC2C(=O)O)cc1Br. The average Bonchev–Trinajstić information content (AvgIpc) is 2.26. The van der Waals surface area contributed by atoms with Crippen LogP contribution in [0.25, 0.3) is 0 Å². The number of ether oxygens (including phenoxy) is 1. The molecule has 6 heteroatoms. The zero-order valence-corrected chi connectivity index (χ0v) is 11.9. The molecular formula is C13H14BrNO4. The van der Waals surface area contributed by atoms with Gasteiger partial charge >= 0.3 is 5.97 Å². The highest BCUT2D eigenvalue weighted by molar-refractivity contribution is 9.10. The Morgan fingerprint density at radius 1 is 1.37 bits per heavy atom. The second-order valence-electron chi connectivity index (χ2n) is 4.47. The van der Waals surface area contributed by atoms with Gasteiger partial charge in [0, 0.05) is 5.69 Å². The van der Waals surface area contributed by atoms with Gasteiger partial charge in [-0.25, -0.2) is 0 Å². The summed E-state index contributed by atoms with van der Waals surface area (Å²) < 4.78 is 5.83. The minimum atomic E-state index is -0.901. The maximum Gasteiger partial charge on any atom is 0.307 e. The second-order valence-corrected chi connectivity index (χ2v) is 5.32. The van der Waals surface area contributed by atoms with Gasteiger partial charge in [-0.05, 0) is 47.0 Å². The summed E-state index contributed by atoms with van der Waals surface area (Å²) >= 11 is 3.33. The van der Waals surface area contributed by atoms with Gasteiger partial charge in [-0.15, -0.1) is 0 Å². The molecule has 1 aromatic carbocycles. The number of nitrogens with one attached hydrogen (secondary N) is 1. The first kappa shape index (κ1) is 13.9. The summed E-state index contributed by atoms with van der Waals surface area (Å²) in [5, 5.41) is 11.7. The van der Waals surface area contributed by atoms with E-state index in [1.165, 1.54) is 0 Å². The number of benzene rings is 1. The smallest absolute Gasteiger partial charge is 0.307 e. The largest absolute Gasteiger partial charge is 0.496 e. The molecule has 2 N–H and O–H groups in total. The predicted octanol–water partition coefficient (Wildman–Crippen LogP) is 2.51. The molecule has 1 saturated carbocycles. The molecule has 0 spiro atoms. The molecule has 0 saturated heterocycles. The Morgan fingerprint density at radius 2 is 2.05 bits per heavy atom. The van der Waals surface area contributed by atoms with Crippen LogP contribution in [-0.4, -0.2) is 24.1 Å². The van der Waals surface area contributed by atoms with Gasteiger partial charge in [0.1, 0.15) is 5.75 Å². The van der Waals surface area contributed by atoms with Crippen LogP contribution in [0.2, 0.25) is 0 Å². The number of hydrogen-bond acceptors (Lipinski definition) is 3. The van der Waals surface area contributed by atoms with Crippen LogP contribution in [0.1, 0.15) is 12.8 Å². The van der Waals surface area contributed by atoms with Crippen molar-refractivity contribution in [2.24, 2.45) is 11.8 Å². The third-order valence-electron chi connectivity index (χ3n) is 3.35. The van der Waals surface area contributed by atoms with Gasteiger partial charge in [0.2, 0.25) is 5.91 Å². The van der Waals surface area contributed by atoms with E-state index < -0.39 is 17.8 Å². The van der Waals surface area contributed by atoms with Crippen molar-refractivity contribution in [3.05, 3.63) is 22.7 Å². The Bertz CT molecular complexity index is 517. The third-order valence-corrected chi connectivity index (χ3v) is 3.97. The van der Waals surface area contributed by atoms with Gasteiger partial charge in [-0.1, -0.05) is 0 Å². The van der Waals surface area contributed by atoms with Gasteiger partial charge in [0.05, 0.1) is 23.4 Å². The lowest BCUT2D eigenvalue weighted by Crippen LogP contribution is -2.41. The van der Waals surface area contributed by atoms with Crippen LogP contribution in [0, 0.1) is 11.8 Å². The monoisotopic (exact) mass is 327 g/mol. The molecule has 0 heterocycles. The Kier molecular flexibility index (Phi) is 4.09. The van der Waals surface area contributed by atoms with Crippen LogP contribution in [0.15, 0.2) is 22.7 Å². The number of carbonyl (C=O) groups is 2. The molecule has 1 aliphatic carbocycles. The molecule has 1 amide bonds. The number of hydrogen-bond donors (Lipinski definition) is 2. The quantitative estimate of drug-likeness (QED) is 0.890. The minimum Gasteiger partial charge on any atom is -0.496 e. The summed E-state index contributed by atoms with van der Waals surface area (Å²) in [4.78, 5) is 22.8. The molecule has 19 heavy (non-hydrogen) atoms. The maximum atomic E-state index is 12.0. The van der Waals surface area contributed by atoms with E-state index in [0.29, 0.717) is 24.3 Å². The number of carboxylic acid groups (broad SMARTS) is 1. The molecule has 2 rings (SSSR count). The van der Waals surface area contributed by atoms with E-state index in [0.717, 1.165) is 4.47 Å². The zero-order chi connectivity index (χ0) is 14.0. The summed E-state index contributed by atoms with van der Waals surface area (Å²) in [6.45, 7) is 0. The molecule has 1 fully saturated rings. The fraction of sp³-hybridized carbons (Fsp3) is 0.385. The molecule has 1 aromatic rings. The fourth-order valence-electron chi connectivity index (χ4n) is 2.09. The number of amides is 1. The first-order valence-corrected chi connectivity index (χ1v) is 6.69. The first-order valence-electron chi connectivity index (χ1n) is 5.90. The zero-order valence-electron chi connectivity index (χ0n) is 10.4. The Morgan fingerprint density at radius 3 is 2.53 bits per heavy atom. The normalized spacial score (nSPS) is 21.4. The van der Waals surface area contributed by atoms with E-state index in [1.54, 1.807) is 25.3 Å². The van der Waals surface area contributed by atoms with Crippen molar-refractivity contribution >= 4 is 33.5 Å². The summed E-state index contributed by atoms with van der Waals surface area (Å²) in [6, 6.07) is 5.18. The van der Waals surface area contributed by atoms with Crippen LogP contribution in [0.4, 0.5) is 5.69 Å². The average molecular weight is 328 g/mol. The topological polar surface area (TPSA) is 75.6 Å². The van der Waals surface area contributed by atoms with Gasteiger partial charge in [0.25, 0.3) is 0 Å². The van der Waals surface area contributed by atoms with E-state index in [4.69, 9.17) is 9.84 Å². The van der Waals surface area contributed by atoms with Gasteiger partial charge in [-0.2, -0.15) is 0 Å². The number of halogens is 1. The van der Waals surface area contributed by atoms with Crippen LogP contribution in [-0.2, 0) is 9.59 Å². The molecule has 0 aliphatic heterocycles. The van der Waals surface area contributed by atoms with Crippen molar-refractivity contribution in [3.8, 4) is 5.75 Å². The van der Waals surface area contributed by atoms with Crippen molar-refractivity contribution in [2.45, 2.75) is 12.8 Å². The van der Waals surface area contributed by atoms with Crippen molar-refractivity contribution in [1.29, 1.82) is 0 Å². The highest BCUT2D eigenvalue weighted by Crippen LogP contribution is 2.36. The molecule has 5 nitrogen and oxygen atoms in total. The molecule has 102 valence electrons. The summed E-state index contributed by atoms with van der Waals surface area (Å²) in [5.74, 6) is -1.46. The third kappa shape index (κ3) is 2.89. The summed E-state index contributed by atoms with van der Waals surface area (Å²) in [6.07, 6.45) is 1.19. The predicted molar refractivity (Wildman–Crippen MR) is 73.2 cm³/mol. The van der Waals surface area contributed by atoms with E-state index in [2.05, 4.69) is 21.2 Å². The van der Waals surface area contributed by atoms with Gasteiger partial charge in [-0.3, -0.25) is 9.59 Å². The van der Waals surface area contributed by atoms with Gasteiger partial charge < -0.3 is 15.2 Å². The number of carbonyl (C=O) groups excluding carboxylic acids is 1. The van der Waals surface area contributed by atoms with Crippen molar-refractivity contribution < 1.29 is 19.4 Å². The van der Waals surface area contributed by atoms with Crippen molar-refractivity contribution in [3.63, 3.8) is 0 Å². The Balaban J connectivity index is 2.03. The number of aliphatic carboxylic acids is 1. The van der Waals surface area contributed by atoms with E-state index in [1.807, 2.05) is 0 Å². The lowest BCUT2D eigenvalue weighted by Gasteiger charge is -2.31. The lowest BCUT2D eigenvalue weighted by molar-refractivity contribution is -0.151. The highest BCUT2D eigenvalue weighted by Gasteiger charge is 2.41. The van der Waals surface area contributed by atoms with Crippen LogP contribution in [0.5, 0.6) is 5.75 Å². The van der Waals surface area contributed by atoms with Crippen molar-refractivity contribution in [2.75, 3.05) is 12.4 Å². The summed E-state index contributed by atoms with van der Waals surface area (Å²) in [7, 11) is 1.56. The Labute approximate surface area is 119 Å². The minimum absolute atomic E-state index is 0.240. The molecule has 0 bridgehead atoms. The van der Waals surface area contributed by atoms with E-state index in [9.17, 15) is 9.59 Å². The Hall–Kier alpha value is -1.56. The fourth-order valence-corrected chi connectivity index (χ4v) is 2.63. The van der Waals surface area contributed by atoms with E-state index >= 15 is 0 Å². The first-order chi connectivity index (χ1) is 9.02. The van der Waals surface area contributed by atoms with Crippen LogP contribution >= 0.6 is 15.9 Å². The highest BCUT2D eigenvalue weighted by atomic mass is 79.9. The van der Waals surface area contributed by atoms with E-state index in [-0.39, 0.29) is 5.91 Å². The number of anilines is 1. The molecule has 1 aliphatic rings. The molecule has 0 aromatic heterocycles. The van der Waals surface area contributed by atoms with Gasteiger partial charge in [0.15, 0.2) is 0 Å².